The van der Waals surface area contributed by atoms with E-state index in [4.69, 9.17) is 0 Å². The minimum Gasteiger partial charge on any atom is -0.367 e. The Kier molecular flexibility index (Phi) is 11.0. The van der Waals surface area contributed by atoms with Gasteiger partial charge in [-0.3, -0.25) is 4.99 Å². The predicted molar refractivity (Wildman–Crippen MR) is 101 cm³/mol. The summed E-state index contributed by atoms with van der Waals surface area (Å²) in [6, 6.07) is 7.57. The van der Waals surface area contributed by atoms with Crippen LogP contribution in [0, 0.1) is 0 Å². The second kappa shape index (κ2) is 11.5. The van der Waals surface area contributed by atoms with Crippen molar-refractivity contribution in [2.75, 3.05) is 13.7 Å². The van der Waals surface area contributed by atoms with Crippen LogP contribution in [0.15, 0.2) is 29.3 Å². The van der Waals surface area contributed by atoms with E-state index in [0.29, 0.717) is 24.1 Å². The summed E-state index contributed by atoms with van der Waals surface area (Å²) in [7, 11) is 1.69. The lowest BCUT2D eigenvalue weighted by Gasteiger charge is -2.16. The van der Waals surface area contributed by atoms with Crippen LogP contribution in [0.4, 0.5) is 13.2 Å². The number of aliphatic imine (C=N–C) groups is 1. The summed E-state index contributed by atoms with van der Waals surface area (Å²) < 4.78 is 40.9. The molecule has 4 nitrogen and oxygen atoms in total. The average molecular weight is 459 g/mol. The maximum atomic E-state index is 12.1. The van der Waals surface area contributed by atoms with E-state index in [2.05, 4.69) is 34.2 Å². The molecule has 138 valence electrons. The first-order valence-electron chi connectivity index (χ1n) is 7.53. The van der Waals surface area contributed by atoms with E-state index in [1.807, 2.05) is 12.1 Å². The third-order valence-electron chi connectivity index (χ3n) is 3.20. The molecule has 1 aromatic rings. The number of alkyl halides is 3. The molecule has 1 atom stereocenters. The highest BCUT2D eigenvalue weighted by Crippen LogP contribution is 2.16. The fraction of sp³-hybridized carbons (Fsp3) is 0.562. The van der Waals surface area contributed by atoms with Gasteiger partial charge in [0.2, 0.25) is 0 Å². The van der Waals surface area contributed by atoms with Gasteiger partial charge >= 0.3 is 6.18 Å². The van der Waals surface area contributed by atoms with Gasteiger partial charge in [-0.25, -0.2) is 0 Å². The van der Waals surface area contributed by atoms with Crippen molar-refractivity contribution in [3.05, 3.63) is 35.4 Å². The Balaban J connectivity index is 0.00000529. The molecule has 0 spiro atoms. The Morgan fingerprint density at radius 2 is 1.96 bits per heavy atom. The van der Waals surface area contributed by atoms with Gasteiger partial charge in [0, 0.05) is 19.6 Å². The normalized spacial score (nSPS) is 13.2. The second-order valence-electron chi connectivity index (χ2n) is 5.31. The Morgan fingerprint density at radius 1 is 1.29 bits per heavy atom. The largest absolute Gasteiger partial charge is 0.411 e. The van der Waals surface area contributed by atoms with Gasteiger partial charge in [-0.1, -0.05) is 31.2 Å². The van der Waals surface area contributed by atoms with E-state index in [9.17, 15) is 13.2 Å². The van der Waals surface area contributed by atoms with Gasteiger partial charge in [-0.05, 0) is 24.5 Å². The summed E-state index contributed by atoms with van der Waals surface area (Å²) in [4.78, 5) is 4.13. The Morgan fingerprint density at radius 3 is 2.54 bits per heavy atom. The molecule has 0 aliphatic heterocycles. The molecule has 0 aliphatic rings. The molecule has 0 radical (unpaired) electrons. The highest BCUT2D eigenvalue weighted by molar-refractivity contribution is 14.0. The molecule has 0 heterocycles. The van der Waals surface area contributed by atoms with E-state index in [-0.39, 0.29) is 30.6 Å². The summed E-state index contributed by atoms with van der Waals surface area (Å²) in [5.41, 5.74) is 1.66. The summed E-state index contributed by atoms with van der Waals surface area (Å²) in [5, 5.41) is 6.42. The van der Waals surface area contributed by atoms with Crippen LogP contribution in [0.5, 0.6) is 0 Å². The third-order valence-corrected chi connectivity index (χ3v) is 3.20. The van der Waals surface area contributed by atoms with Gasteiger partial charge in [0.05, 0.1) is 6.61 Å². The molecule has 1 aromatic carbocycles. The quantitative estimate of drug-likeness (QED) is 0.370. The standard InChI is InChI=1S/C16H24F3N3O.HI/c1-4-12(2)22-15(20-3)21-9-13-6-5-7-14(8-13)10-23-11-16(17,18)19;/h5-8,12H,4,9-11H2,1-3H3,(H2,20,21,22);1H. The molecule has 1 rings (SSSR count). The van der Waals surface area contributed by atoms with Crippen LogP contribution < -0.4 is 10.6 Å². The highest BCUT2D eigenvalue weighted by atomic mass is 127. The van der Waals surface area contributed by atoms with E-state index < -0.39 is 12.8 Å². The van der Waals surface area contributed by atoms with Crippen LogP contribution in [0.2, 0.25) is 0 Å². The van der Waals surface area contributed by atoms with Crippen LogP contribution in [0.3, 0.4) is 0 Å². The van der Waals surface area contributed by atoms with Crippen LogP contribution in [-0.4, -0.2) is 31.8 Å². The first kappa shape index (κ1) is 23.0. The number of nitrogens with one attached hydrogen (secondary N) is 2. The van der Waals surface area contributed by atoms with Crippen molar-refractivity contribution in [1.82, 2.24) is 10.6 Å². The van der Waals surface area contributed by atoms with Crippen molar-refractivity contribution in [3.8, 4) is 0 Å². The minimum absolute atomic E-state index is 0. The van der Waals surface area contributed by atoms with Crippen LogP contribution >= 0.6 is 24.0 Å². The van der Waals surface area contributed by atoms with Crippen molar-refractivity contribution in [1.29, 1.82) is 0 Å². The lowest BCUT2D eigenvalue weighted by atomic mass is 10.1. The molecule has 2 N–H and O–H groups in total. The number of nitrogens with zero attached hydrogens (tertiary/aromatic N) is 1. The van der Waals surface area contributed by atoms with Crippen molar-refractivity contribution in [3.63, 3.8) is 0 Å². The first-order chi connectivity index (χ1) is 10.8. The van der Waals surface area contributed by atoms with Gasteiger partial charge in [0.1, 0.15) is 6.61 Å². The molecule has 0 aliphatic carbocycles. The molecular weight excluding hydrogens is 434 g/mol. The van der Waals surface area contributed by atoms with Crippen molar-refractivity contribution >= 4 is 29.9 Å². The zero-order valence-electron chi connectivity index (χ0n) is 14.1. The summed E-state index contributed by atoms with van der Waals surface area (Å²) in [6.45, 7) is 3.37. The fourth-order valence-electron chi connectivity index (χ4n) is 1.83. The maximum absolute atomic E-state index is 12.1. The maximum Gasteiger partial charge on any atom is 0.411 e. The number of rotatable bonds is 7. The molecule has 0 saturated carbocycles. The third kappa shape index (κ3) is 9.96. The molecule has 1 unspecified atom stereocenters. The van der Waals surface area contributed by atoms with Gasteiger partial charge in [0.15, 0.2) is 5.96 Å². The second-order valence-corrected chi connectivity index (χ2v) is 5.31. The van der Waals surface area contributed by atoms with Crippen molar-refractivity contribution in [2.45, 2.75) is 45.6 Å². The summed E-state index contributed by atoms with van der Waals surface area (Å²) in [5.74, 6) is 0.693. The molecule has 0 amide bonds. The molecule has 0 bridgehead atoms. The summed E-state index contributed by atoms with van der Waals surface area (Å²) in [6.07, 6.45) is -3.32. The lowest BCUT2D eigenvalue weighted by molar-refractivity contribution is -0.176. The molecule has 24 heavy (non-hydrogen) atoms. The van der Waals surface area contributed by atoms with Crippen LogP contribution in [-0.2, 0) is 17.9 Å². The molecular formula is C16H25F3IN3O. The molecule has 0 fully saturated rings. The van der Waals surface area contributed by atoms with Crippen LogP contribution in [0.1, 0.15) is 31.4 Å². The number of benzene rings is 1. The molecule has 8 heteroatoms. The average Bonchev–Trinajstić information content (AvgIpc) is 2.50. The van der Waals surface area contributed by atoms with E-state index in [1.54, 1.807) is 19.2 Å². The predicted octanol–water partition coefficient (Wildman–Crippen LogP) is 3.85. The Hall–Kier alpha value is -1.03. The molecule has 0 saturated heterocycles. The van der Waals surface area contributed by atoms with Crippen molar-refractivity contribution in [2.24, 2.45) is 4.99 Å². The first-order valence-corrected chi connectivity index (χ1v) is 7.53. The van der Waals surface area contributed by atoms with E-state index >= 15 is 0 Å². The monoisotopic (exact) mass is 459 g/mol. The number of hydrogen-bond acceptors (Lipinski definition) is 2. The SMILES string of the molecule is CCC(C)NC(=NC)NCc1cccc(COCC(F)(F)F)c1.I. The fourth-order valence-corrected chi connectivity index (χ4v) is 1.83. The molecule has 0 aromatic heterocycles. The van der Waals surface area contributed by atoms with Gasteiger partial charge in [-0.2, -0.15) is 13.2 Å². The number of ether oxygens (including phenoxy) is 1. The van der Waals surface area contributed by atoms with Crippen molar-refractivity contribution < 1.29 is 17.9 Å². The van der Waals surface area contributed by atoms with E-state index in [0.717, 1.165) is 12.0 Å². The number of hydrogen-bond donors (Lipinski definition) is 2. The minimum atomic E-state index is -4.30. The Labute approximate surface area is 158 Å². The number of guanidine groups is 1. The Bertz CT molecular complexity index is 510. The van der Waals surface area contributed by atoms with Crippen LogP contribution in [0.25, 0.3) is 0 Å². The number of halogens is 4. The zero-order chi connectivity index (χ0) is 17.3. The van der Waals surface area contributed by atoms with Gasteiger partial charge < -0.3 is 15.4 Å². The van der Waals surface area contributed by atoms with Gasteiger partial charge in [0.25, 0.3) is 0 Å². The highest BCUT2D eigenvalue weighted by Gasteiger charge is 2.27. The topological polar surface area (TPSA) is 45.7 Å². The zero-order valence-corrected chi connectivity index (χ0v) is 16.4. The smallest absolute Gasteiger partial charge is 0.367 e. The van der Waals surface area contributed by atoms with E-state index in [1.165, 1.54) is 0 Å². The lowest BCUT2D eigenvalue weighted by Crippen LogP contribution is -2.41. The summed E-state index contributed by atoms with van der Waals surface area (Å²) >= 11 is 0. The van der Waals surface area contributed by atoms with Gasteiger partial charge in [-0.15, -0.1) is 24.0 Å².